The first kappa shape index (κ1) is 18.9. The van der Waals surface area contributed by atoms with Gasteiger partial charge in [0.15, 0.2) is 0 Å². The molecule has 0 bridgehead atoms. The van der Waals surface area contributed by atoms with Crippen LogP contribution >= 0.6 is 0 Å². The third-order valence-corrected chi connectivity index (χ3v) is 5.02. The number of nitrogens with two attached hydrogens (primary N) is 2. The lowest BCUT2D eigenvalue weighted by Gasteiger charge is -2.30. The van der Waals surface area contributed by atoms with E-state index in [4.69, 9.17) is 16.5 Å². The van der Waals surface area contributed by atoms with Gasteiger partial charge in [-0.1, -0.05) is 12.0 Å². The maximum Gasteiger partial charge on any atom is 0.225 e. The Morgan fingerprint density at radius 1 is 1.17 bits per heavy atom. The van der Waals surface area contributed by atoms with Gasteiger partial charge in [-0.05, 0) is 37.0 Å². The summed E-state index contributed by atoms with van der Waals surface area (Å²) in [4.78, 5) is 11.3. The van der Waals surface area contributed by atoms with E-state index in [-0.39, 0.29) is 11.7 Å². The predicted octanol–water partition coefficient (Wildman–Crippen LogP) is 1.93. The first-order valence-corrected chi connectivity index (χ1v) is 9.44. The zero-order valence-corrected chi connectivity index (χ0v) is 16.1. The normalized spacial score (nSPS) is 14.5. The van der Waals surface area contributed by atoms with Gasteiger partial charge in [0.25, 0.3) is 0 Å². The molecule has 29 heavy (non-hydrogen) atoms. The maximum absolute atomic E-state index is 14.1. The number of halogens is 1. The van der Waals surface area contributed by atoms with Crippen LogP contribution in [0.4, 0.5) is 16.0 Å². The second kappa shape index (κ2) is 7.89. The molecule has 4 rings (SSSR count). The predicted molar refractivity (Wildman–Crippen MR) is 110 cm³/mol. The minimum atomic E-state index is -0.489. The molecule has 4 N–H and O–H groups in total. The maximum atomic E-state index is 14.1. The van der Waals surface area contributed by atoms with Crippen LogP contribution in [-0.4, -0.2) is 38.9 Å². The van der Waals surface area contributed by atoms with E-state index in [9.17, 15) is 4.39 Å². The highest BCUT2D eigenvalue weighted by atomic mass is 19.1. The van der Waals surface area contributed by atoms with E-state index in [1.165, 1.54) is 12.1 Å². The molecule has 0 atom stereocenters. The molecular weight excluding hydrogens is 369 g/mol. The molecule has 1 aromatic carbocycles. The number of hydrogen-bond donors (Lipinski definition) is 2. The SMILES string of the molecule is Cn1nccc1C#Cc1cnc(N2CCC(N)CC2)nc1-c1ccc(N)c(F)c1. The number of anilines is 2. The number of aromatic nitrogens is 4. The summed E-state index contributed by atoms with van der Waals surface area (Å²) in [5.41, 5.74) is 14.3. The van der Waals surface area contributed by atoms with Crippen LogP contribution in [0.25, 0.3) is 11.3 Å². The van der Waals surface area contributed by atoms with Crippen molar-refractivity contribution in [3.63, 3.8) is 0 Å². The van der Waals surface area contributed by atoms with Crippen LogP contribution in [0.2, 0.25) is 0 Å². The number of hydrogen-bond acceptors (Lipinski definition) is 6. The van der Waals surface area contributed by atoms with Crippen molar-refractivity contribution in [2.45, 2.75) is 18.9 Å². The standard InChI is InChI=1S/C21H22FN7/c1-28-17(6-9-26-28)4-2-15-13-25-21(29-10-7-16(23)8-11-29)27-20(15)14-3-5-19(24)18(22)12-14/h3,5-6,9,12-13,16H,7-8,10-11,23-24H2,1H3. The Labute approximate surface area is 168 Å². The summed E-state index contributed by atoms with van der Waals surface area (Å²) >= 11 is 0. The molecule has 7 nitrogen and oxygen atoms in total. The third kappa shape index (κ3) is 4.05. The summed E-state index contributed by atoms with van der Waals surface area (Å²) < 4.78 is 15.8. The molecule has 0 spiro atoms. The summed E-state index contributed by atoms with van der Waals surface area (Å²) in [6.45, 7) is 1.58. The number of piperidine rings is 1. The second-order valence-corrected chi connectivity index (χ2v) is 7.08. The van der Waals surface area contributed by atoms with Gasteiger partial charge in [-0.15, -0.1) is 0 Å². The Kier molecular flexibility index (Phi) is 5.14. The van der Waals surface area contributed by atoms with Crippen molar-refractivity contribution in [1.82, 2.24) is 19.7 Å². The van der Waals surface area contributed by atoms with Gasteiger partial charge < -0.3 is 16.4 Å². The molecule has 148 valence electrons. The van der Waals surface area contributed by atoms with Crippen LogP contribution in [-0.2, 0) is 7.05 Å². The topological polar surface area (TPSA) is 98.9 Å². The van der Waals surface area contributed by atoms with E-state index in [1.807, 2.05) is 13.1 Å². The lowest BCUT2D eigenvalue weighted by Crippen LogP contribution is -2.40. The van der Waals surface area contributed by atoms with Gasteiger partial charge in [0, 0.05) is 37.9 Å². The van der Waals surface area contributed by atoms with Crippen molar-refractivity contribution in [3.8, 4) is 23.1 Å². The minimum Gasteiger partial charge on any atom is -0.396 e. The van der Waals surface area contributed by atoms with Crippen LogP contribution in [0, 0.1) is 17.7 Å². The van der Waals surface area contributed by atoms with Crippen LogP contribution in [0.3, 0.4) is 0 Å². The third-order valence-electron chi connectivity index (χ3n) is 5.02. The fourth-order valence-corrected chi connectivity index (χ4v) is 3.24. The van der Waals surface area contributed by atoms with E-state index in [2.05, 4.69) is 26.8 Å². The van der Waals surface area contributed by atoms with Gasteiger partial charge in [-0.25, -0.2) is 14.4 Å². The molecule has 1 saturated heterocycles. The molecule has 1 fully saturated rings. The molecule has 0 unspecified atom stereocenters. The Morgan fingerprint density at radius 2 is 1.97 bits per heavy atom. The van der Waals surface area contributed by atoms with Crippen molar-refractivity contribution < 1.29 is 4.39 Å². The van der Waals surface area contributed by atoms with Crippen molar-refractivity contribution >= 4 is 11.6 Å². The molecule has 3 heterocycles. The Bertz CT molecular complexity index is 1090. The average Bonchev–Trinajstić information content (AvgIpc) is 3.14. The van der Waals surface area contributed by atoms with Crippen molar-refractivity contribution in [2.24, 2.45) is 12.8 Å². The lowest BCUT2D eigenvalue weighted by atomic mass is 10.1. The first-order chi connectivity index (χ1) is 14.0. The van der Waals surface area contributed by atoms with Crippen molar-refractivity contribution in [2.75, 3.05) is 23.7 Å². The Morgan fingerprint density at radius 3 is 2.66 bits per heavy atom. The van der Waals surface area contributed by atoms with Crippen LogP contribution in [0.1, 0.15) is 24.1 Å². The lowest BCUT2D eigenvalue weighted by molar-refractivity contribution is 0.495. The van der Waals surface area contributed by atoms with Gasteiger partial charge in [-0.3, -0.25) is 4.68 Å². The summed E-state index contributed by atoms with van der Waals surface area (Å²) in [7, 11) is 1.82. The quantitative estimate of drug-likeness (QED) is 0.512. The van der Waals surface area contributed by atoms with Gasteiger partial charge in [0.05, 0.1) is 23.1 Å². The zero-order chi connectivity index (χ0) is 20.4. The number of rotatable bonds is 2. The smallest absolute Gasteiger partial charge is 0.225 e. The molecule has 0 amide bonds. The Hall–Kier alpha value is -3.44. The zero-order valence-electron chi connectivity index (χ0n) is 16.1. The van der Waals surface area contributed by atoms with Crippen LogP contribution in [0.15, 0.2) is 36.7 Å². The first-order valence-electron chi connectivity index (χ1n) is 9.44. The van der Waals surface area contributed by atoms with Gasteiger partial charge in [0.1, 0.15) is 11.5 Å². The number of benzene rings is 1. The van der Waals surface area contributed by atoms with Gasteiger partial charge >= 0.3 is 0 Å². The largest absolute Gasteiger partial charge is 0.396 e. The highest BCUT2D eigenvalue weighted by Crippen LogP contribution is 2.26. The summed E-state index contributed by atoms with van der Waals surface area (Å²) in [6.07, 6.45) is 5.14. The van der Waals surface area contributed by atoms with Gasteiger partial charge in [0.2, 0.25) is 5.95 Å². The molecule has 1 aliphatic rings. The molecule has 1 aliphatic heterocycles. The van der Waals surface area contributed by atoms with Crippen molar-refractivity contribution in [1.29, 1.82) is 0 Å². The average molecular weight is 391 g/mol. The van der Waals surface area contributed by atoms with Gasteiger partial charge in [-0.2, -0.15) is 5.10 Å². The summed E-state index contributed by atoms with van der Waals surface area (Å²) in [6, 6.07) is 6.68. The molecule has 2 aromatic heterocycles. The molecule has 0 aliphatic carbocycles. The van der Waals surface area contributed by atoms with E-state index in [1.54, 1.807) is 23.1 Å². The van der Waals surface area contributed by atoms with Crippen LogP contribution in [0.5, 0.6) is 0 Å². The molecule has 0 saturated carbocycles. The molecule has 8 heteroatoms. The van der Waals surface area contributed by atoms with Crippen LogP contribution < -0.4 is 16.4 Å². The fraction of sp³-hybridized carbons (Fsp3) is 0.286. The second-order valence-electron chi connectivity index (χ2n) is 7.08. The summed E-state index contributed by atoms with van der Waals surface area (Å²) in [5, 5.41) is 4.11. The van der Waals surface area contributed by atoms with E-state index in [0.29, 0.717) is 22.8 Å². The highest BCUT2D eigenvalue weighted by Gasteiger charge is 2.20. The fourth-order valence-electron chi connectivity index (χ4n) is 3.24. The molecular formula is C21H22FN7. The monoisotopic (exact) mass is 391 g/mol. The number of nitrogen functional groups attached to an aromatic ring is 1. The van der Waals surface area contributed by atoms with E-state index in [0.717, 1.165) is 31.6 Å². The number of aryl methyl sites for hydroxylation is 1. The minimum absolute atomic E-state index is 0.0931. The highest BCUT2D eigenvalue weighted by molar-refractivity contribution is 5.70. The van der Waals surface area contributed by atoms with E-state index >= 15 is 0 Å². The molecule has 0 radical (unpaired) electrons. The number of nitrogens with zero attached hydrogens (tertiary/aromatic N) is 5. The molecule has 3 aromatic rings. The van der Waals surface area contributed by atoms with Crippen molar-refractivity contribution in [3.05, 3.63) is 53.7 Å². The Balaban J connectivity index is 1.77. The van der Waals surface area contributed by atoms with E-state index < -0.39 is 5.82 Å². The summed E-state index contributed by atoms with van der Waals surface area (Å²) in [5.74, 6) is 6.27.